The average Bonchev–Trinajstić information content (AvgIpc) is 1.87. The smallest absolute Gasteiger partial charge is 0.0805 e. The van der Waals surface area contributed by atoms with E-state index in [2.05, 4.69) is 29.2 Å². The molecule has 0 amide bonds. The van der Waals surface area contributed by atoms with Gasteiger partial charge in [-0.2, -0.15) is 0 Å². The lowest BCUT2D eigenvalue weighted by Crippen LogP contribution is -2.21. The molecule has 0 rings (SSSR count). The van der Waals surface area contributed by atoms with Gasteiger partial charge in [0.15, 0.2) is 0 Å². The fourth-order valence-corrected chi connectivity index (χ4v) is 1.45. The first kappa shape index (κ1) is 10.4. The normalized spacial score (nSPS) is 12.7. The predicted octanol–water partition coefficient (Wildman–Crippen LogP) is 0.704. The zero-order valence-corrected chi connectivity index (χ0v) is 8.65. The molecule has 60 valence electrons. The fraction of sp³-hybridized carbons (Fsp3) is 0.600. The highest BCUT2D eigenvalue weighted by atomic mass is 127. The minimum absolute atomic E-state index is 0.150. The molecule has 1 unspecified atom stereocenters. The number of hydrogen-bond donors (Lipinski definition) is 0. The van der Waals surface area contributed by atoms with Gasteiger partial charge in [0.25, 0.3) is 0 Å². The van der Waals surface area contributed by atoms with E-state index in [0.717, 1.165) is 4.43 Å². The highest BCUT2D eigenvalue weighted by Crippen LogP contribution is 2.01. The van der Waals surface area contributed by atoms with E-state index in [1.54, 1.807) is 11.9 Å². The van der Waals surface area contributed by atoms with Crippen molar-refractivity contribution in [2.75, 3.05) is 18.0 Å². The summed E-state index contributed by atoms with van der Waals surface area (Å²) in [5.74, 6) is 0. The van der Waals surface area contributed by atoms with Crippen LogP contribution in [0.15, 0.2) is 11.6 Å². The second kappa shape index (κ2) is 5.09. The molecule has 0 spiro atoms. The first-order chi connectivity index (χ1) is 4.59. The summed E-state index contributed by atoms with van der Waals surface area (Å²) in [5.41, 5.74) is 0. The maximum Gasteiger partial charge on any atom is 0.0805 e. The van der Waals surface area contributed by atoms with E-state index in [-0.39, 0.29) is 5.03 Å². The number of alkyl halides is 1. The Morgan fingerprint density at radius 2 is 2.40 bits per heavy atom. The minimum Gasteiger partial charge on any atom is -0.767 e. The molecule has 0 bridgehead atoms. The van der Waals surface area contributed by atoms with Crippen LogP contribution in [-0.4, -0.2) is 31.7 Å². The zero-order valence-electron chi connectivity index (χ0n) is 5.67. The molecule has 0 heterocycles. The Kier molecular flexibility index (Phi) is 5.28. The molecule has 10 heavy (non-hydrogen) atoms. The maximum atomic E-state index is 10.3. The van der Waals surface area contributed by atoms with Crippen molar-refractivity contribution in [3.63, 3.8) is 0 Å². The van der Waals surface area contributed by atoms with Crippen molar-refractivity contribution in [1.29, 1.82) is 0 Å². The molecular weight excluding hydrogens is 265 g/mol. The lowest BCUT2D eigenvalue weighted by atomic mass is 10.6. The van der Waals surface area contributed by atoms with Crippen molar-refractivity contribution in [3.05, 3.63) is 11.6 Å². The molecule has 0 aliphatic carbocycles. The summed E-state index contributed by atoms with van der Waals surface area (Å²) in [4.78, 5) is 1.61. The highest BCUT2D eigenvalue weighted by molar-refractivity contribution is 14.1. The van der Waals surface area contributed by atoms with Crippen LogP contribution in [0, 0.1) is 0 Å². The summed E-state index contributed by atoms with van der Waals surface area (Å²) in [6.07, 6.45) is 0. The molecule has 0 aliphatic rings. The van der Waals surface area contributed by atoms with E-state index in [1.807, 2.05) is 0 Å². The molecule has 5 heteroatoms. The summed E-state index contributed by atoms with van der Waals surface area (Å²) < 4.78 is 21.4. The van der Waals surface area contributed by atoms with Crippen LogP contribution in [0.4, 0.5) is 0 Å². The zero-order chi connectivity index (χ0) is 8.15. The molecule has 0 saturated heterocycles. The SMILES string of the molecule is C=C(N(C)CCI)S(=O)[O-]. The minimum atomic E-state index is -2.16. The second-order valence-corrected chi connectivity index (χ2v) is 3.76. The van der Waals surface area contributed by atoms with Crippen molar-refractivity contribution in [3.8, 4) is 0 Å². The standard InChI is InChI=1S/C5H10INO2S/c1-5(10(8)9)7(2)4-3-6/h1,3-4H2,2H3,(H,8,9)/p-1. The van der Waals surface area contributed by atoms with Gasteiger partial charge in [0, 0.05) is 18.0 Å². The van der Waals surface area contributed by atoms with Gasteiger partial charge in [-0.1, -0.05) is 29.2 Å². The molecule has 0 saturated carbocycles. The van der Waals surface area contributed by atoms with Crippen molar-refractivity contribution in [1.82, 2.24) is 4.90 Å². The molecule has 0 aromatic heterocycles. The lowest BCUT2D eigenvalue weighted by molar-refractivity contribution is 0.456. The topological polar surface area (TPSA) is 43.4 Å². The van der Waals surface area contributed by atoms with Crippen LogP contribution >= 0.6 is 22.6 Å². The Bertz CT molecular complexity index is 151. The summed E-state index contributed by atoms with van der Waals surface area (Å²) in [6.45, 7) is 4.10. The molecule has 0 radical (unpaired) electrons. The molecule has 0 N–H and O–H groups in total. The van der Waals surface area contributed by atoms with Gasteiger partial charge in [-0.3, -0.25) is 4.21 Å². The van der Waals surface area contributed by atoms with Crippen LogP contribution in [0.25, 0.3) is 0 Å². The summed E-state index contributed by atoms with van der Waals surface area (Å²) in [5, 5.41) is 0.150. The van der Waals surface area contributed by atoms with Gasteiger partial charge in [-0.05, 0) is 11.1 Å². The molecule has 0 fully saturated rings. The van der Waals surface area contributed by atoms with E-state index in [0.29, 0.717) is 6.54 Å². The van der Waals surface area contributed by atoms with E-state index >= 15 is 0 Å². The summed E-state index contributed by atoms with van der Waals surface area (Å²) in [6, 6.07) is 0. The molecule has 0 aromatic rings. The number of hydrogen-bond acceptors (Lipinski definition) is 3. The number of nitrogens with zero attached hydrogens (tertiary/aromatic N) is 1. The molecular formula is C5H9INO2S-. The van der Waals surface area contributed by atoms with E-state index < -0.39 is 11.1 Å². The van der Waals surface area contributed by atoms with Gasteiger partial charge in [-0.25, -0.2) is 0 Å². The Hall–Kier alpha value is 0.380. The van der Waals surface area contributed by atoms with Crippen LogP contribution in [0.2, 0.25) is 0 Å². The van der Waals surface area contributed by atoms with Crippen molar-refractivity contribution in [2.24, 2.45) is 0 Å². The van der Waals surface area contributed by atoms with Crippen molar-refractivity contribution in [2.45, 2.75) is 0 Å². The van der Waals surface area contributed by atoms with Crippen LogP contribution in [0.1, 0.15) is 0 Å². The molecule has 1 atom stereocenters. The number of halogens is 1. The van der Waals surface area contributed by atoms with E-state index in [1.165, 1.54) is 0 Å². The van der Waals surface area contributed by atoms with E-state index in [9.17, 15) is 8.76 Å². The van der Waals surface area contributed by atoms with Crippen molar-refractivity contribution < 1.29 is 8.76 Å². The monoisotopic (exact) mass is 274 g/mol. The Morgan fingerprint density at radius 3 is 2.70 bits per heavy atom. The lowest BCUT2D eigenvalue weighted by Gasteiger charge is -2.21. The van der Waals surface area contributed by atoms with E-state index in [4.69, 9.17) is 0 Å². The van der Waals surface area contributed by atoms with Gasteiger partial charge in [0.2, 0.25) is 0 Å². The average molecular weight is 274 g/mol. The Labute approximate surface area is 76.9 Å². The first-order valence-corrected chi connectivity index (χ1v) is 5.25. The van der Waals surface area contributed by atoms with Crippen LogP contribution < -0.4 is 0 Å². The van der Waals surface area contributed by atoms with Gasteiger partial charge in [0.05, 0.1) is 5.03 Å². The van der Waals surface area contributed by atoms with Crippen LogP contribution in [0.3, 0.4) is 0 Å². The van der Waals surface area contributed by atoms with Gasteiger partial charge >= 0.3 is 0 Å². The van der Waals surface area contributed by atoms with Gasteiger partial charge < -0.3 is 9.45 Å². The Morgan fingerprint density at radius 1 is 1.90 bits per heavy atom. The third kappa shape index (κ3) is 3.52. The summed E-state index contributed by atoms with van der Waals surface area (Å²) >= 11 is 0.0119. The highest BCUT2D eigenvalue weighted by Gasteiger charge is 1.99. The van der Waals surface area contributed by atoms with Gasteiger partial charge in [0.1, 0.15) is 0 Å². The summed E-state index contributed by atoms with van der Waals surface area (Å²) in [7, 11) is 1.71. The number of rotatable bonds is 4. The largest absolute Gasteiger partial charge is 0.767 e. The van der Waals surface area contributed by atoms with Gasteiger partial charge in [-0.15, -0.1) is 0 Å². The molecule has 3 nitrogen and oxygen atoms in total. The first-order valence-electron chi connectivity index (χ1n) is 2.65. The second-order valence-electron chi connectivity index (χ2n) is 1.74. The molecule has 0 aromatic carbocycles. The maximum absolute atomic E-state index is 10.3. The third-order valence-corrected chi connectivity index (χ3v) is 2.22. The molecule has 0 aliphatic heterocycles. The fourth-order valence-electron chi connectivity index (χ4n) is 0.379. The van der Waals surface area contributed by atoms with Crippen LogP contribution in [0.5, 0.6) is 0 Å². The predicted molar refractivity (Wildman–Crippen MR) is 49.6 cm³/mol. The third-order valence-electron chi connectivity index (χ3n) is 1.04. The van der Waals surface area contributed by atoms with Crippen LogP contribution in [-0.2, 0) is 11.1 Å². The quantitative estimate of drug-likeness (QED) is 0.430. The Balaban J connectivity index is 3.82. The van der Waals surface area contributed by atoms with Crippen molar-refractivity contribution >= 4 is 33.7 Å².